The van der Waals surface area contributed by atoms with Gasteiger partial charge in [0.15, 0.2) is 0 Å². The molecule has 3 amide bonds. The van der Waals surface area contributed by atoms with Crippen LogP contribution in [0, 0.1) is 11.8 Å². The first-order valence-electron chi connectivity index (χ1n) is 9.35. The van der Waals surface area contributed by atoms with Crippen LogP contribution in [-0.4, -0.2) is 41.1 Å². The van der Waals surface area contributed by atoms with Gasteiger partial charge in [-0.15, -0.1) is 5.92 Å². The molecule has 29 heavy (non-hydrogen) atoms. The summed E-state index contributed by atoms with van der Waals surface area (Å²) in [6.45, 7) is 8.28. The SMILES string of the molecule is C=Cc1cc(O)ccc1CN(C)C[C@@]1(C/C=C\C(C#CC)=C/C)NC(=O)NC1=O. The van der Waals surface area contributed by atoms with Crippen LogP contribution in [0.2, 0.25) is 0 Å². The van der Waals surface area contributed by atoms with E-state index in [9.17, 15) is 14.7 Å². The second kappa shape index (κ2) is 9.76. The third-order valence-electron chi connectivity index (χ3n) is 4.69. The van der Waals surface area contributed by atoms with Crippen molar-refractivity contribution in [3.63, 3.8) is 0 Å². The molecule has 1 aliphatic rings. The molecule has 1 heterocycles. The van der Waals surface area contributed by atoms with Crippen LogP contribution < -0.4 is 10.6 Å². The van der Waals surface area contributed by atoms with Crippen molar-refractivity contribution >= 4 is 18.0 Å². The van der Waals surface area contributed by atoms with Crippen molar-refractivity contribution in [1.82, 2.24) is 15.5 Å². The minimum atomic E-state index is -1.06. The average Bonchev–Trinajstić information content (AvgIpc) is 2.95. The number of hydrogen-bond acceptors (Lipinski definition) is 4. The highest BCUT2D eigenvalue weighted by molar-refractivity contribution is 6.07. The molecule has 1 aromatic rings. The lowest BCUT2D eigenvalue weighted by Crippen LogP contribution is -2.54. The number of carbonyl (C=O) groups is 2. The van der Waals surface area contributed by atoms with E-state index < -0.39 is 11.6 Å². The van der Waals surface area contributed by atoms with Gasteiger partial charge in [0.1, 0.15) is 11.3 Å². The maximum absolute atomic E-state index is 12.6. The molecule has 6 nitrogen and oxygen atoms in total. The number of allylic oxidation sites excluding steroid dienone is 3. The third kappa shape index (κ3) is 5.59. The summed E-state index contributed by atoms with van der Waals surface area (Å²) in [5.74, 6) is 5.64. The number of aromatic hydroxyl groups is 1. The number of phenolic OH excluding ortho intramolecular Hbond substituents is 1. The van der Waals surface area contributed by atoms with E-state index in [4.69, 9.17) is 0 Å². The molecule has 3 N–H and O–H groups in total. The van der Waals surface area contributed by atoms with E-state index in [-0.39, 0.29) is 11.7 Å². The molecule has 0 aromatic heterocycles. The Hall–Kier alpha value is -3.30. The quantitative estimate of drug-likeness (QED) is 0.360. The molecule has 1 saturated heterocycles. The van der Waals surface area contributed by atoms with E-state index in [1.807, 2.05) is 43.2 Å². The van der Waals surface area contributed by atoms with E-state index in [1.54, 1.807) is 25.1 Å². The Morgan fingerprint density at radius 1 is 1.38 bits per heavy atom. The highest BCUT2D eigenvalue weighted by Gasteiger charge is 2.45. The standard InChI is InChI=1S/C23H27N3O3/c1-5-9-17(6-2)10-8-13-23(21(28)24-22(29)25-23)16-26(4)15-19-11-12-20(27)14-18(19)7-3/h6-8,10-12,14,27H,3,13,15-16H2,1-2,4H3,(H2,24,25,28,29)/b10-8-,17-6-/t23-/m1/s1. The molecule has 0 radical (unpaired) electrons. The highest BCUT2D eigenvalue weighted by Crippen LogP contribution is 2.22. The van der Waals surface area contributed by atoms with Crippen LogP contribution in [0.4, 0.5) is 4.79 Å². The maximum Gasteiger partial charge on any atom is 0.322 e. The smallest absolute Gasteiger partial charge is 0.322 e. The first-order valence-corrected chi connectivity index (χ1v) is 9.35. The van der Waals surface area contributed by atoms with E-state index in [2.05, 4.69) is 29.1 Å². The summed E-state index contributed by atoms with van der Waals surface area (Å²) in [4.78, 5) is 26.4. The lowest BCUT2D eigenvalue weighted by atomic mass is 9.93. The second-order valence-electron chi connectivity index (χ2n) is 6.98. The Labute approximate surface area is 172 Å². The van der Waals surface area contributed by atoms with Gasteiger partial charge in [0.25, 0.3) is 5.91 Å². The van der Waals surface area contributed by atoms with Gasteiger partial charge >= 0.3 is 6.03 Å². The van der Waals surface area contributed by atoms with Gasteiger partial charge in [0.2, 0.25) is 0 Å². The monoisotopic (exact) mass is 393 g/mol. The van der Waals surface area contributed by atoms with Gasteiger partial charge in [0.05, 0.1) is 0 Å². The van der Waals surface area contributed by atoms with Crippen molar-refractivity contribution in [3.05, 3.63) is 59.7 Å². The summed E-state index contributed by atoms with van der Waals surface area (Å²) in [6, 6.07) is 4.59. The first-order chi connectivity index (χ1) is 13.8. The average molecular weight is 393 g/mol. The zero-order valence-electron chi connectivity index (χ0n) is 17.1. The fraction of sp³-hybridized carbons (Fsp3) is 0.304. The molecule has 2 rings (SSSR count). The van der Waals surface area contributed by atoms with Crippen molar-refractivity contribution in [3.8, 4) is 17.6 Å². The number of rotatable bonds is 8. The molecule has 0 unspecified atom stereocenters. The summed E-state index contributed by atoms with van der Waals surface area (Å²) >= 11 is 0. The van der Waals surface area contributed by atoms with Crippen molar-refractivity contribution in [2.75, 3.05) is 13.6 Å². The van der Waals surface area contributed by atoms with Gasteiger partial charge in [-0.25, -0.2) is 4.79 Å². The zero-order chi connectivity index (χ0) is 21.4. The molecule has 0 aliphatic carbocycles. The normalized spacial score (nSPS) is 19.1. The molecular formula is C23H27N3O3. The van der Waals surface area contributed by atoms with E-state index in [1.165, 1.54) is 0 Å². The molecule has 1 aliphatic heterocycles. The number of nitrogens with zero attached hydrogens (tertiary/aromatic N) is 1. The van der Waals surface area contributed by atoms with Crippen molar-refractivity contribution in [2.45, 2.75) is 32.4 Å². The van der Waals surface area contributed by atoms with Gasteiger partial charge in [0, 0.05) is 18.7 Å². The molecule has 0 saturated carbocycles. The van der Waals surface area contributed by atoms with E-state index >= 15 is 0 Å². The molecule has 0 bridgehead atoms. The Bertz CT molecular complexity index is 921. The zero-order valence-corrected chi connectivity index (χ0v) is 17.1. The number of amides is 3. The summed E-state index contributed by atoms with van der Waals surface area (Å²) in [5.41, 5.74) is 1.57. The number of carbonyl (C=O) groups excluding carboxylic acids is 2. The molecule has 1 fully saturated rings. The van der Waals surface area contributed by atoms with Gasteiger partial charge < -0.3 is 10.4 Å². The minimum Gasteiger partial charge on any atom is -0.508 e. The summed E-state index contributed by atoms with van der Waals surface area (Å²) in [6.07, 6.45) is 7.61. The lowest BCUT2D eigenvalue weighted by Gasteiger charge is -2.30. The number of hydrogen-bond donors (Lipinski definition) is 3. The van der Waals surface area contributed by atoms with Crippen molar-refractivity contribution < 1.29 is 14.7 Å². The van der Waals surface area contributed by atoms with Crippen LogP contribution in [0.1, 0.15) is 31.4 Å². The largest absolute Gasteiger partial charge is 0.508 e. The fourth-order valence-electron chi connectivity index (χ4n) is 3.31. The van der Waals surface area contributed by atoms with Crippen LogP contribution in [-0.2, 0) is 11.3 Å². The molecule has 1 aromatic carbocycles. The number of imide groups is 1. The Kier molecular flexibility index (Phi) is 7.40. The highest BCUT2D eigenvalue weighted by atomic mass is 16.3. The summed E-state index contributed by atoms with van der Waals surface area (Å²) < 4.78 is 0. The van der Waals surface area contributed by atoms with E-state index in [0.29, 0.717) is 19.5 Å². The number of likely N-dealkylation sites (N-methyl/N-ethyl adjacent to an activating group) is 1. The predicted octanol–water partition coefficient (Wildman–Crippen LogP) is 2.96. The van der Waals surface area contributed by atoms with Crippen LogP contribution in [0.5, 0.6) is 5.75 Å². The van der Waals surface area contributed by atoms with Crippen LogP contribution in [0.15, 0.2) is 48.6 Å². The number of benzene rings is 1. The lowest BCUT2D eigenvalue weighted by molar-refractivity contribution is -0.124. The number of phenols is 1. The van der Waals surface area contributed by atoms with Gasteiger partial charge in [-0.1, -0.05) is 42.9 Å². The number of nitrogens with one attached hydrogen (secondary N) is 2. The molecule has 6 heteroatoms. The topological polar surface area (TPSA) is 81.7 Å². The first kappa shape index (κ1) is 22.0. The molecule has 1 atom stereocenters. The minimum absolute atomic E-state index is 0.172. The second-order valence-corrected chi connectivity index (χ2v) is 6.98. The molecule has 152 valence electrons. The predicted molar refractivity (Wildman–Crippen MR) is 115 cm³/mol. The molecular weight excluding hydrogens is 366 g/mol. The third-order valence-corrected chi connectivity index (χ3v) is 4.69. The van der Waals surface area contributed by atoms with Crippen molar-refractivity contribution in [1.29, 1.82) is 0 Å². The number of urea groups is 1. The summed E-state index contributed by atoms with van der Waals surface area (Å²) in [5, 5.41) is 14.8. The van der Waals surface area contributed by atoms with E-state index in [0.717, 1.165) is 16.7 Å². The van der Waals surface area contributed by atoms with Gasteiger partial charge in [-0.05, 0) is 50.6 Å². The Morgan fingerprint density at radius 2 is 2.14 bits per heavy atom. The Morgan fingerprint density at radius 3 is 2.72 bits per heavy atom. The van der Waals surface area contributed by atoms with Gasteiger partial charge in [-0.2, -0.15) is 0 Å². The maximum atomic E-state index is 12.6. The van der Waals surface area contributed by atoms with Crippen LogP contribution >= 0.6 is 0 Å². The summed E-state index contributed by atoms with van der Waals surface area (Å²) in [7, 11) is 1.88. The molecule has 0 spiro atoms. The Balaban J connectivity index is 2.19. The van der Waals surface area contributed by atoms with Crippen molar-refractivity contribution in [2.24, 2.45) is 0 Å². The fourth-order valence-corrected chi connectivity index (χ4v) is 3.31. The van der Waals surface area contributed by atoms with Gasteiger partial charge in [-0.3, -0.25) is 15.0 Å². The van der Waals surface area contributed by atoms with Crippen LogP contribution in [0.3, 0.4) is 0 Å². The van der Waals surface area contributed by atoms with Crippen LogP contribution in [0.25, 0.3) is 6.08 Å².